The summed E-state index contributed by atoms with van der Waals surface area (Å²) in [5.74, 6) is -0.829. The van der Waals surface area contributed by atoms with Gasteiger partial charge in [-0.2, -0.15) is 0 Å². The largest absolute Gasteiger partial charge is 0.481 e. The first-order chi connectivity index (χ1) is 22.2. The highest BCUT2D eigenvalue weighted by molar-refractivity contribution is 5.66. The van der Waals surface area contributed by atoms with Crippen LogP contribution in [0.3, 0.4) is 0 Å². The zero-order chi connectivity index (χ0) is 33.9. The van der Waals surface area contributed by atoms with Crippen LogP contribution in [0, 0.1) is 5.92 Å². The molecule has 272 valence electrons. The van der Waals surface area contributed by atoms with Crippen molar-refractivity contribution in [3.63, 3.8) is 0 Å². The first kappa shape index (κ1) is 41.2. The van der Waals surface area contributed by atoms with Crippen LogP contribution in [0.1, 0.15) is 129 Å². The summed E-state index contributed by atoms with van der Waals surface area (Å²) in [4.78, 5) is 10.6. The number of carboxylic acids is 1. The van der Waals surface area contributed by atoms with Gasteiger partial charge < -0.3 is 55.1 Å². The molecule has 12 nitrogen and oxygen atoms in total. The molecule has 8 N–H and O–H groups in total. The maximum atomic E-state index is 11.2. The summed E-state index contributed by atoms with van der Waals surface area (Å²) in [6, 6.07) is 0. The molecular weight excluding hydrogens is 600 g/mol. The molecular formula is C34H64O12. The summed E-state index contributed by atoms with van der Waals surface area (Å²) >= 11 is 0. The van der Waals surface area contributed by atoms with Crippen molar-refractivity contribution < 1.29 is 59.9 Å². The second-order valence-electron chi connectivity index (χ2n) is 13.4. The van der Waals surface area contributed by atoms with Crippen LogP contribution >= 0.6 is 0 Å². The zero-order valence-corrected chi connectivity index (χ0v) is 27.9. The van der Waals surface area contributed by atoms with E-state index in [9.17, 15) is 40.5 Å². The van der Waals surface area contributed by atoms with Crippen LogP contribution in [0.15, 0.2) is 0 Å². The Kier molecular flexibility index (Phi) is 21.0. The van der Waals surface area contributed by atoms with E-state index < -0.39 is 80.4 Å². The van der Waals surface area contributed by atoms with E-state index in [0.29, 0.717) is 0 Å². The Labute approximate surface area is 275 Å². The van der Waals surface area contributed by atoms with Crippen LogP contribution in [0.4, 0.5) is 0 Å². The minimum Gasteiger partial charge on any atom is -0.481 e. The van der Waals surface area contributed by atoms with Gasteiger partial charge in [0.15, 0.2) is 6.29 Å². The number of ether oxygens (including phenoxy) is 3. The monoisotopic (exact) mass is 664 g/mol. The molecule has 2 aliphatic heterocycles. The predicted octanol–water partition coefficient (Wildman–Crippen LogP) is 2.79. The summed E-state index contributed by atoms with van der Waals surface area (Å²) in [6.45, 7) is 1.06. The minimum absolute atomic E-state index is 0.0871. The smallest absolute Gasteiger partial charge is 0.303 e. The predicted molar refractivity (Wildman–Crippen MR) is 171 cm³/mol. The SMILES string of the molecule is CCCCCCCCCC(CCCCCCCCCCCC(=O)O)[C@@H]1O[C@H](CO)[C@@H](O)[C@H](O)[C@H]1O[C@@H]1O[C@H](CO)[C@@H](O)[C@H](O)[C@H]1O. The summed E-state index contributed by atoms with van der Waals surface area (Å²) in [7, 11) is 0. The Morgan fingerprint density at radius 2 is 1.07 bits per heavy atom. The van der Waals surface area contributed by atoms with E-state index >= 15 is 0 Å². The van der Waals surface area contributed by atoms with Crippen molar-refractivity contribution in [2.45, 2.75) is 190 Å². The third-order valence-electron chi connectivity index (χ3n) is 9.65. The molecule has 0 aromatic rings. The van der Waals surface area contributed by atoms with Crippen molar-refractivity contribution in [3.05, 3.63) is 0 Å². The highest BCUT2D eigenvalue weighted by Crippen LogP contribution is 2.36. The molecule has 0 saturated carbocycles. The van der Waals surface area contributed by atoms with Gasteiger partial charge in [-0.1, -0.05) is 103 Å². The molecule has 1 unspecified atom stereocenters. The van der Waals surface area contributed by atoms with E-state index in [-0.39, 0.29) is 12.3 Å². The van der Waals surface area contributed by atoms with Gasteiger partial charge in [-0.3, -0.25) is 4.79 Å². The molecule has 46 heavy (non-hydrogen) atoms. The highest BCUT2D eigenvalue weighted by Gasteiger charge is 2.51. The van der Waals surface area contributed by atoms with Crippen molar-refractivity contribution in [2.75, 3.05) is 13.2 Å². The Bertz CT molecular complexity index is 785. The van der Waals surface area contributed by atoms with Gasteiger partial charge in [-0.05, 0) is 25.2 Å². The van der Waals surface area contributed by atoms with Crippen LogP contribution in [-0.4, -0.2) is 121 Å². The average Bonchev–Trinajstić information content (AvgIpc) is 3.04. The number of unbranched alkanes of at least 4 members (excludes halogenated alkanes) is 14. The quantitative estimate of drug-likeness (QED) is 0.0664. The lowest BCUT2D eigenvalue weighted by Gasteiger charge is -2.48. The van der Waals surface area contributed by atoms with E-state index in [1.807, 2.05) is 0 Å². The van der Waals surface area contributed by atoms with Gasteiger partial charge >= 0.3 is 5.97 Å². The van der Waals surface area contributed by atoms with Crippen LogP contribution in [0.25, 0.3) is 0 Å². The lowest BCUT2D eigenvalue weighted by atomic mass is 9.82. The zero-order valence-electron chi connectivity index (χ0n) is 27.9. The lowest BCUT2D eigenvalue weighted by molar-refractivity contribution is -0.345. The fourth-order valence-corrected chi connectivity index (χ4v) is 6.75. The molecule has 0 aromatic carbocycles. The molecule has 0 amide bonds. The van der Waals surface area contributed by atoms with Gasteiger partial charge in [0.1, 0.15) is 48.8 Å². The summed E-state index contributed by atoms with van der Waals surface area (Å²) < 4.78 is 17.8. The average molecular weight is 665 g/mol. The first-order valence-electron chi connectivity index (χ1n) is 18.0. The molecule has 0 aromatic heterocycles. The number of aliphatic hydroxyl groups excluding tert-OH is 7. The van der Waals surface area contributed by atoms with Gasteiger partial charge in [0.2, 0.25) is 0 Å². The highest BCUT2D eigenvalue weighted by atomic mass is 16.7. The topological polar surface area (TPSA) is 207 Å². The summed E-state index contributed by atoms with van der Waals surface area (Å²) in [6.07, 6.45) is 5.26. The van der Waals surface area contributed by atoms with Crippen LogP contribution in [0.5, 0.6) is 0 Å². The molecule has 11 atom stereocenters. The maximum Gasteiger partial charge on any atom is 0.303 e. The van der Waals surface area contributed by atoms with Crippen molar-refractivity contribution in [3.8, 4) is 0 Å². The summed E-state index contributed by atoms with van der Waals surface area (Å²) in [5, 5.41) is 81.4. The molecule has 12 heteroatoms. The Hall–Kier alpha value is -0.930. The van der Waals surface area contributed by atoms with Gasteiger partial charge in [0, 0.05) is 6.42 Å². The number of aliphatic hydroxyl groups is 7. The third kappa shape index (κ3) is 13.9. The second kappa shape index (κ2) is 23.4. The van der Waals surface area contributed by atoms with Crippen LogP contribution < -0.4 is 0 Å². The van der Waals surface area contributed by atoms with Crippen molar-refractivity contribution in [2.24, 2.45) is 5.92 Å². The molecule has 2 fully saturated rings. The Balaban J connectivity index is 2.04. The van der Waals surface area contributed by atoms with Gasteiger partial charge in [-0.15, -0.1) is 0 Å². The number of hydrogen-bond donors (Lipinski definition) is 8. The van der Waals surface area contributed by atoms with Gasteiger partial charge in [0.05, 0.1) is 19.3 Å². The minimum atomic E-state index is -1.67. The first-order valence-corrected chi connectivity index (χ1v) is 18.0. The Morgan fingerprint density at radius 1 is 0.609 bits per heavy atom. The van der Waals surface area contributed by atoms with E-state index in [4.69, 9.17) is 19.3 Å². The van der Waals surface area contributed by atoms with E-state index in [1.54, 1.807) is 0 Å². The van der Waals surface area contributed by atoms with E-state index in [1.165, 1.54) is 25.7 Å². The number of carbonyl (C=O) groups is 1. The van der Waals surface area contributed by atoms with Crippen LogP contribution in [0.2, 0.25) is 0 Å². The normalized spacial score (nSPS) is 32.4. The van der Waals surface area contributed by atoms with E-state index in [0.717, 1.165) is 89.9 Å². The molecule has 2 aliphatic rings. The van der Waals surface area contributed by atoms with Gasteiger partial charge in [-0.25, -0.2) is 0 Å². The van der Waals surface area contributed by atoms with E-state index in [2.05, 4.69) is 6.92 Å². The standard InChI is InChI=1S/C34H64O12/c1-2-3-4-5-9-12-15-18-23(19-16-13-10-7-6-8-11-14-17-20-26(37)38)32-33(30(42)28(40)24(21-35)44-32)46-34-31(43)29(41)27(39)25(22-36)45-34/h23-25,27-36,39-43H,2-22H2,1H3,(H,37,38)/t23?,24-,25-,27-,28-,29+,30+,31-,32+,33-,34+/m1/s1. The second-order valence-corrected chi connectivity index (χ2v) is 13.4. The molecule has 2 heterocycles. The van der Waals surface area contributed by atoms with Crippen molar-refractivity contribution in [1.82, 2.24) is 0 Å². The number of hydrogen-bond acceptors (Lipinski definition) is 11. The molecule has 2 saturated heterocycles. The number of aliphatic carboxylic acids is 1. The number of rotatable bonds is 25. The van der Waals surface area contributed by atoms with Crippen molar-refractivity contribution in [1.29, 1.82) is 0 Å². The lowest BCUT2D eigenvalue weighted by Crippen LogP contribution is -2.65. The van der Waals surface area contributed by atoms with Gasteiger partial charge in [0.25, 0.3) is 0 Å². The number of carboxylic acid groups (broad SMARTS) is 1. The van der Waals surface area contributed by atoms with Crippen molar-refractivity contribution >= 4 is 5.97 Å². The molecule has 2 rings (SSSR count). The fraction of sp³-hybridized carbons (Fsp3) is 0.971. The molecule has 0 bridgehead atoms. The summed E-state index contributed by atoms with van der Waals surface area (Å²) in [5.41, 5.74) is 0. The maximum absolute atomic E-state index is 11.2. The third-order valence-corrected chi connectivity index (χ3v) is 9.65. The molecule has 0 radical (unpaired) electrons. The fourth-order valence-electron chi connectivity index (χ4n) is 6.75. The van der Waals surface area contributed by atoms with Crippen LogP contribution in [-0.2, 0) is 19.0 Å². The molecule has 0 aliphatic carbocycles. The molecule has 0 spiro atoms. The Morgan fingerprint density at radius 3 is 1.57 bits per heavy atom.